The van der Waals surface area contributed by atoms with Gasteiger partial charge in [0.25, 0.3) is 5.91 Å². The van der Waals surface area contributed by atoms with E-state index in [4.69, 9.17) is 9.47 Å². The Morgan fingerprint density at radius 3 is 2.61 bits per heavy atom. The number of hydrogen-bond donors (Lipinski definition) is 1. The van der Waals surface area contributed by atoms with E-state index < -0.39 is 5.97 Å². The summed E-state index contributed by atoms with van der Waals surface area (Å²) < 4.78 is 12.9. The quantitative estimate of drug-likeness (QED) is 0.200. The van der Waals surface area contributed by atoms with Crippen LogP contribution in [0.25, 0.3) is 16.8 Å². The molecule has 4 aromatic rings. The van der Waals surface area contributed by atoms with Gasteiger partial charge in [0.2, 0.25) is 0 Å². The zero-order valence-corrected chi connectivity index (χ0v) is 25.1. The smallest absolute Gasteiger partial charge is 0.336 e. The normalized spacial score (nSPS) is 15.2. The van der Waals surface area contributed by atoms with Crippen LogP contribution in [-0.2, 0) is 11.4 Å². The summed E-state index contributed by atoms with van der Waals surface area (Å²) in [6, 6.07) is 23.0. The number of hydrogen-bond acceptors (Lipinski definition) is 6. The van der Waals surface area contributed by atoms with Crippen molar-refractivity contribution in [2.24, 2.45) is 4.99 Å². The lowest BCUT2D eigenvalue weighted by molar-refractivity contribution is -0.121. The van der Waals surface area contributed by atoms with Gasteiger partial charge in [-0.3, -0.25) is 9.69 Å². The third-order valence-corrected chi connectivity index (χ3v) is 8.29. The minimum Gasteiger partial charge on any atom is -0.490 e. The van der Waals surface area contributed by atoms with Gasteiger partial charge in [-0.05, 0) is 99.3 Å². The maximum atomic E-state index is 13.1. The van der Waals surface area contributed by atoms with Gasteiger partial charge in [0.05, 0.1) is 27.2 Å². The summed E-state index contributed by atoms with van der Waals surface area (Å²) in [5, 5.41) is 12.2. The van der Waals surface area contributed by atoms with E-state index in [0.717, 1.165) is 21.9 Å². The van der Waals surface area contributed by atoms with Gasteiger partial charge in [0.15, 0.2) is 16.7 Å². The second-order valence-electron chi connectivity index (χ2n) is 9.31. The van der Waals surface area contributed by atoms with Crippen molar-refractivity contribution < 1.29 is 24.2 Å². The monoisotopic (exact) mass is 630 g/mol. The maximum absolute atomic E-state index is 13.1. The Bertz CT molecular complexity index is 1730. The van der Waals surface area contributed by atoms with Crippen molar-refractivity contribution >= 4 is 67.3 Å². The lowest BCUT2D eigenvalue weighted by Crippen LogP contribution is -2.23. The van der Waals surface area contributed by atoms with Crippen LogP contribution in [0.2, 0.25) is 0 Å². The van der Waals surface area contributed by atoms with Crippen molar-refractivity contribution in [3.05, 3.63) is 104 Å². The number of nitrogens with zero attached hydrogens (tertiary/aromatic N) is 2. The molecule has 1 saturated heterocycles. The highest BCUT2D eigenvalue weighted by Gasteiger charge is 2.31. The van der Waals surface area contributed by atoms with Gasteiger partial charge in [-0.2, -0.15) is 0 Å². The maximum Gasteiger partial charge on any atom is 0.336 e. The average molecular weight is 632 g/mol. The number of carboxylic acids is 1. The van der Waals surface area contributed by atoms with Crippen LogP contribution in [0.4, 0.5) is 5.69 Å². The lowest BCUT2D eigenvalue weighted by Gasteiger charge is -2.16. The van der Waals surface area contributed by atoms with Gasteiger partial charge in [0, 0.05) is 7.05 Å². The molecule has 1 fully saturated rings. The van der Waals surface area contributed by atoms with Crippen LogP contribution in [0.5, 0.6) is 11.5 Å². The van der Waals surface area contributed by atoms with Gasteiger partial charge in [-0.25, -0.2) is 9.79 Å². The largest absolute Gasteiger partial charge is 0.490 e. The Hall–Kier alpha value is -4.08. The number of fused-ring (bicyclic) bond motifs is 1. The van der Waals surface area contributed by atoms with Crippen molar-refractivity contribution in [1.29, 1.82) is 0 Å². The van der Waals surface area contributed by atoms with Gasteiger partial charge in [-0.15, -0.1) is 0 Å². The Balaban J connectivity index is 1.42. The molecule has 7 nitrogen and oxygen atoms in total. The molecule has 1 heterocycles. The van der Waals surface area contributed by atoms with Crippen molar-refractivity contribution in [3.63, 3.8) is 0 Å². The molecule has 1 amide bonds. The first kappa shape index (κ1) is 28.4. The first-order chi connectivity index (χ1) is 19.8. The SMILES string of the molecule is CCOc1cc(/C=C2\SC(=Nc3cccc(C(=O)O)c3C)N(C)C2=O)cc(Br)c1OCc1cccc2ccccc12. The number of ether oxygens (including phenoxy) is 2. The molecule has 0 bridgehead atoms. The van der Waals surface area contributed by atoms with E-state index in [-0.39, 0.29) is 11.5 Å². The van der Waals surface area contributed by atoms with Crippen LogP contribution in [0.3, 0.4) is 0 Å². The summed E-state index contributed by atoms with van der Waals surface area (Å²) in [4.78, 5) is 31.2. The number of aliphatic imine (C=N–C) groups is 1. The standard InChI is InChI=1S/C32H27BrN2O5S/c1-4-39-27-16-20(15-25(33)29(27)40-18-22-11-7-10-21-9-5-6-12-24(21)22)17-28-30(36)35(3)32(41-28)34-26-14-8-13-23(19(26)2)31(37)38/h5-17H,4,18H2,1-3H3,(H,37,38)/b28-17-,34-32?. The predicted molar refractivity (Wildman–Crippen MR) is 167 cm³/mol. The first-order valence-corrected chi connectivity index (χ1v) is 14.5. The van der Waals surface area contributed by atoms with E-state index in [2.05, 4.69) is 39.1 Å². The van der Waals surface area contributed by atoms with Crippen LogP contribution in [0.1, 0.15) is 34.0 Å². The highest BCUT2D eigenvalue weighted by Crippen LogP contribution is 2.40. The zero-order valence-electron chi connectivity index (χ0n) is 22.7. The Labute approximate surface area is 250 Å². The molecule has 0 saturated carbocycles. The van der Waals surface area contributed by atoms with Crippen LogP contribution in [0, 0.1) is 6.92 Å². The number of likely N-dealkylation sites (N-methyl/N-ethyl adjacent to an activating group) is 1. The molecule has 208 valence electrons. The van der Waals surface area contributed by atoms with Crippen LogP contribution in [-0.4, -0.2) is 40.7 Å². The van der Waals surface area contributed by atoms with E-state index in [1.165, 1.54) is 22.7 Å². The molecule has 1 N–H and O–H groups in total. The van der Waals surface area contributed by atoms with Crippen molar-refractivity contribution in [1.82, 2.24) is 4.90 Å². The Kier molecular flexibility index (Phi) is 8.46. The summed E-state index contributed by atoms with van der Waals surface area (Å²) >= 11 is 4.87. The predicted octanol–water partition coefficient (Wildman–Crippen LogP) is 7.82. The van der Waals surface area contributed by atoms with Gasteiger partial charge >= 0.3 is 5.97 Å². The van der Waals surface area contributed by atoms with E-state index in [0.29, 0.717) is 50.5 Å². The lowest BCUT2D eigenvalue weighted by atomic mass is 10.1. The molecule has 4 aromatic carbocycles. The number of benzene rings is 4. The number of amides is 1. The summed E-state index contributed by atoms with van der Waals surface area (Å²) in [6.45, 7) is 4.42. The van der Waals surface area contributed by atoms with Crippen LogP contribution < -0.4 is 9.47 Å². The van der Waals surface area contributed by atoms with Crippen LogP contribution >= 0.6 is 27.7 Å². The fraction of sp³-hybridized carbons (Fsp3) is 0.156. The fourth-order valence-electron chi connectivity index (χ4n) is 4.52. The highest BCUT2D eigenvalue weighted by atomic mass is 79.9. The molecular formula is C32H27BrN2O5S. The van der Waals surface area contributed by atoms with Crippen molar-refractivity contribution in [2.45, 2.75) is 20.5 Å². The number of carbonyl (C=O) groups is 2. The van der Waals surface area contributed by atoms with E-state index in [1.807, 2.05) is 43.3 Å². The zero-order chi connectivity index (χ0) is 29.1. The number of halogens is 1. The fourth-order valence-corrected chi connectivity index (χ4v) is 6.08. The minimum atomic E-state index is -1.02. The molecule has 5 rings (SSSR count). The average Bonchev–Trinajstić information content (AvgIpc) is 3.21. The van der Waals surface area contributed by atoms with Gasteiger partial charge < -0.3 is 14.6 Å². The number of rotatable bonds is 8. The summed E-state index contributed by atoms with van der Waals surface area (Å²) in [7, 11) is 1.65. The van der Waals surface area contributed by atoms with E-state index in [9.17, 15) is 14.7 Å². The summed E-state index contributed by atoms with van der Waals surface area (Å²) in [5.41, 5.74) is 3.04. The van der Waals surface area contributed by atoms with Gasteiger partial charge in [0.1, 0.15) is 6.61 Å². The second kappa shape index (κ2) is 12.2. The number of aromatic carboxylic acids is 1. The molecular weight excluding hydrogens is 604 g/mol. The van der Waals surface area contributed by atoms with Crippen molar-refractivity contribution in [2.75, 3.05) is 13.7 Å². The van der Waals surface area contributed by atoms with E-state index in [1.54, 1.807) is 32.2 Å². The number of carbonyl (C=O) groups excluding carboxylic acids is 1. The first-order valence-electron chi connectivity index (χ1n) is 12.9. The minimum absolute atomic E-state index is 0.177. The summed E-state index contributed by atoms with van der Waals surface area (Å²) in [5.74, 6) is -0.0757. The molecule has 9 heteroatoms. The molecule has 1 aliphatic rings. The Morgan fingerprint density at radius 2 is 1.83 bits per heavy atom. The molecule has 0 spiro atoms. The molecule has 0 unspecified atom stereocenters. The highest BCUT2D eigenvalue weighted by molar-refractivity contribution is 9.10. The van der Waals surface area contributed by atoms with E-state index >= 15 is 0 Å². The second-order valence-corrected chi connectivity index (χ2v) is 11.2. The molecule has 0 aromatic heterocycles. The van der Waals surface area contributed by atoms with Crippen LogP contribution in [0.15, 0.2) is 87.2 Å². The molecule has 0 radical (unpaired) electrons. The summed E-state index contributed by atoms with van der Waals surface area (Å²) in [6.07, 6.45) is 1.79. The topological polar surface area (TPSA) is 88.4 Å². The van der Waals surface area contributed by atoms with Gasteiger partial charge in [-0.1, -0.05) is 48.5 Å². The molecule has 0 aliphatic carbocycles. The number of amidine groups is 1. The number of carboxylic acid groups (broad SMARTS) is 1. The third-order valence-electron chi connectivity index (χ3n) is 6.64. The third kappa shape index (κ3) is 6.01. The van der Waals surface area contributed by atoms with Crippen molar-refractivity contribution in [3.8, 4) is 11.5 Å². The molecule has 1 aliphatic heterocycles. The molecule has 0 atom stereocenters. The number of thioether (sulfide) groups is 1. The molecule has 41 heavy (non-hydrogen) atoms. The Morgan fingerprint density at radius 1 is 1.07 bits per heavy atom.